The summed E-state index contributed by atoms with van der Waals surface area (Å²) in [5.41, 5.74) is 0.996. The van der Waals surface area contributed by atoms with Crippen LogP contribution in [0.15, 0.2) is 71.6 Å². The number of halogens is 1. The summed E-state index contributed by atoms with van der Waals surface area (Å²) in [6, 6.07) is 16.8. The van der Waals surface area contributed by atoms with Gasteiger partial charge in [-0.2, -0.15) is 0 Å². The first kappa shape index (κ1) is 34.9. The van der Waals surface area contributed by atoms with E-state index >= 15 is 0 Å². The van der Waals surface area contributed by atoms with Crippen molar-refractivity contribution >= 4 is 39.1 Å². The number of nitrogens with zero attached hydrogens (tertiary/aromatic N) is 2. The highest BCUT2D eigenvalue weighted by Gasteiger charge is 2.35. The van der Waals surface area contributed by atoms with Crippen molar-refractivity contribution in [1.82, 2.24) is 10.2 Å². The van der Waals surface area contributed by atoms with Crippen LogP contribution >= 0.6 is 11.6 Å². The summed E-state index contributed by atoms with van der Waals surface area (Å²) in [5, 5.41) is 3.56. The maximum absolute atomic E-state index is 14.4. The minimum absolute atomic E-state index is 0.0456. The minimum Gasteiger partial charge on any atom is -0.497 e. The molecule has 46 heavy (non-hydrogen) atoms. The zero-order chi connectivity index (χ0) is 33.3. The minimum atomic E-state index is -4.32. The molecule has 1 N–H and O–H groups in total. The van der Waals surface area contributed by atoms with Gasteiger partial charge >= 0.3 is 0 Å². The zero-order valence-corrected chi connectivity index (χ0v) is 28.3. The van der Waals surface area contributed by atoms with Crippen LogP contribution in [0.1, 0.15) is 51.0 Å². The summed E-state index contributed by atoms with van der Waals surface area (Å²) in [5.74, 6) is 0.435. The van der Waals surface area contributed by atoms with Crippen molar-refractivity contribution in [1.29, 1.82) is 0 Å². The fraction of sp³-hybridized carbons (Fsp3) is 0.412. The van der Waals surface area contributed by atoms with Gasteiger partial charge in [-0.3, -0.25) is 13.9 Å². The number of anilines is 1. The fourth-order valence-corrected chi connectivity index (χ4v) is 7.19. The van der Waals surface area contributed by atoms with E-state index in [1.54, 1.807) is 31.4 Å². The van der Waals surface area contributed by atoms with E-state index in [-0.39, 0.29) is 34.8 Å². The Morgan fingerprint density at radius 1 is 0.891 bits per heavy atom. The van der Waals surface area contributed by atoms with Crippen molar-refractivity contribution < 1.29 is 32.2 Å². The molecule has 1 aliphatic rings. The van der Waals surface area contributed by atoms with E-state index < -0.39 is 28.5 Å². The van der Waals surface area contributed by atoms with E-state index in [1.807, 2.05) is 19.1 Å². The van der Waals surface area contributed by atoms with E-state index in [2.05, 4.69) is 5.32 Å². The molecule has 3 aromatic carbocycles. The van der Waals surface area contributed by atoms with E-state index in [1.165, 1.54) is 49.5 Å². The third-order valence-corrected chi connectivity index (χ3v) is 10.2. The Labute approximate surface area is 276 Å². The summed E-state index contributed by atoms with van der Waals surface area (Å²) in [6.45, 7) is 1.36. The third kappa shape index (κ3) is 8.44. The molecular formula is C34H42ClN3O7S. The SMILES string of the molecule is CC[C@@H](C(=O)NC1CCCCC1)N(Cc1ccc(OC)cc1)C(=O)CN(c1ccc(Cl)cc1)S(=O)(=O)c1ccc(OC)c(OC)c1. The van der Waals surface area contributed by atoms with Crippen molar-refractivity contribution in [3.63, 3.8) is 0 Å². The lowest BCUT2D eigenvalue weighted by Gasteiger charge is -2.34. The second-order valence-corrected chi connectivity index (χ2v) is 13.4. The molecule has 1 saturated carbocycles. The van der Waals surface area contributed by atoms with Crippen molar-refractivity contribution in [2.24, 2.45) is 0 Å². The first-order valence-corrected chi connectivity index (χ1v) is 17.2. The number of carbonyl (C=O) groups is 2. The Morgan fingerprint density at radius 3 is 2.13 bits per heavy atom. The van der Waals surface area contributed by atoms with Gasteiger partial charge in [0.2, 0.25) is 11.8 Å². The van der Waals surface area contributed by atoms with Crippen LogP contribution in [0.5, 0.6) is 17.2 Å². The van der Waals surface area contributed by atoms with Gasteiger partial charge in [-0.05, 0) is 73.4 Å². The average Bonchev–Trinajstić information content (AvgIpc) is 3.07. The molecule has 0 saturated heterocycles. The van der Waals surface area contributed by atoms with Crippen LogP contribution < -0.4 is 23.8 Å². The van der Waals surface area contributed by atoms with Gasteiger partial charge < -0.3 is 24.4 Å². The standard InChI is InChI=1S/C34H42ClN3O7S/c1-5-30(34(40)36-26-9-7-6-8-10-26)37(22-24-11-17-28(43-2)18-12-24)33(39)23-38(27-15-13-25(35)14-16-27)46(41,42)29-19-20-31(44-3)32(21-29)45-4/h11-21,26,30H,5-10,22-23H2,1-4H3,(H,36,40)/t30-/m0/s1. The molecule has 10 nitrogen and oxygen atoms in total. The largest absolute Gasteiger partial charge is 0.497 e. The van der Waals surface area contributed by atoms with Crippen LogP contribution in [0.25, 0.3) is 0 Å². The summed E-state index contributed by atoms with van der Waals surface area (Å²) < 4.78 is 45.4. The van der Waals surface area contributed by atoms with Gasteiger partial charge in [0.05, 0.1) is 31.9 Å². The predicted molar refractivity (Wildman–Crippen MR) is 178 cm³/mol. The molecule has 0 bridgehead atoms. The van der Waals surface area contributed by atoms with Crippen LogP contribution in [0, 0.1) is 0 Å². The Balaban J connectivity index is 1.73. The second-order valence-electron chi connectivity index (χ2n) is 11.1. The normalized spacial score (nSPS) is 14.2. The Kier molecular flexibility index (Phi) is 12.2. The lowest BCUT2D eigenvalue weighted by atomic mass is 9.95. The lowest BCUT2D eigenvalue weighted by molar-refractivity contribution is -0.140. The van der Waals surface area contributed by atoms with Crippen LogP contribution in [0.3, 0.4) is 0 Å². The van der Waals surface area contributed by atoms with E-state index in [9.17, 15) is 18.0 Å². The molecule has 0 unspecified atom stereocenters. The number of benzene rings is 3. The highest BCUT2D eigenvalue weighted by Crippen LogP contribution is 2.33. The highest BCUT2D eigenvalue weighted by atomic mass is 35.5. The maximum atomic E-state index is 14.4. The molecule has 0 radical (unpaired) electrons. The van der Waals surface area contributed by atoms with Crippen LogP contribution in [-0.2, 0) is 26.2 Å². The highest BCUT2D eigenvalue weighted by molar-refractivity contribution is 7.92. The topological polar surface area (TPSA) is 114 Å². The summed E-state index contributed by atoms with van der Waals surface area (Å²) >= 11 is 6.14. The summed E-state index contributed by atoms with van der Waals surface area (Å²) in [6.07, 6.45) is 5.34. The van der Waals surface area contributed by atoms with Gasteiger partial charge in [0, 0.05) is 23.7 Å². The molecule has 0 aromatic heterocycles. The quantitative estimate of drug-likeness (QED) is 0.230. The molecule has 1 aliphatic carbocycles. The van der Waals surface area contributed by atoms with Crippen LogP contribution in [0.4, 0.5) is 5.69 Å². The monoisotopic (exact) mass is 671 g/mol. The molecular weight excluding hydrogens is 630 g/mol. The van der Waals surface area contributed by atoms with Crippen molar-refractivity contribution in [3.8, 4) is 17.2 Å². The van der Waals surface area contributed by atoms with Crippen LogP contribution in [-0.4, -0.2) is 65.1 Å². The maximum Gasteiger partial charge on any atom is 0.264 e. The number of hydrogen-bond acceptors (Lipinski definition) is 7. The number of hydrogen-bond donors (Lipinski definition) is 1. The van der Waals surface area contributed by atoms with Crippen molar-refractivity contribution in [2.75, 3.05) is 32.2 Å². The number of carbonyl (C=O) groups excluding carboxylic acids is 2. The second kappa shape index (κ2) is 16.0. The van der Waals surface area contributed by atoms with Gasteiger partial charge in [0.25, 0.3) is 10.0 Å². The average molecular weight is 672 g/mol. The van der Waals surface area contributed by atoms with Crippen molar-refractivity contribution in [2.45, 2.75) is 69.0 Å². The molecule has 0 heterocycles. The number of sulfonamides is 1. The van der Waals surface area contributed by atoms with Crippen LogP contribution in [0.2, 0.25) is 5.02 Å². The Morgan fingerprint density at radius 2 is 1.54 bits per heavy atom. The van der Waals surface area contributed by atoms with Gasteiger partial charge in [-0.25, -0.2) is 8.42 Å². The van der Waals surface area contributed by atoms with Gasteiger partial charge in [-0.15, -0.1) is 0 Å². The predicted octanol–water partition coefficient (Wildman–Crippen LogP) is 5.82. The fourth-order valence-electron chi connectivity index (χ4n) is 5.63. The first-order valence-electron chi connectivity index (χ1n) is 15.3. The molecule has 12 heteroatoms. The first-order chi connectivity index (χ1) is 22.1. The molecule has 248 valence electrons. The Hall–Kier alpha value is -3.96. The number of rotatable bonds is 14. The zero-order valence-electron chi connectivity index (χ0n) is 26.7. The third-order valence-electron chi connectivity index (χ3n) is 8.19. The molecule has 0 spiro atoms. The van der Waals surface area contributed by atoms with Gasteiger partial charge in [0.15, 0.2) is 11.5 Å². The lowest BCUT2D eigenvalue weighted by Crippen LogP contribution is -2.54. The molecule has 0 aliphatic heterocycles. The van der Waals surface area contributed by atoms with E-state index in [0.29, 0.717) is 22.9 Å². The number of amides is 2. The summed E-state index contributed by atoms with van der Waals surface area (Å²) in [7, 11) is 0.114. The molecule has 1 atom stereocenters. The van der Waals surface area contributed by atoms with Gasteiger partial charge in [-0.1, -0.05) is 49.9 Å². The molecule has 2 amide bonds. The number of methoxy groups -OCH3 is 3. The number of ether oxygens (including phenoxy) is 3. The van der Waals surface area contributed by atoms with Crippen molar-refractivity contribution in [3.05, 3.63) is 77.3 Å². The number of nitrogens with one attached hydrogen (secondary N) is 1. The van der Waals surface area contributed by atoms with E-state index in [0.717, 1.165) is 42.0 Å². The smallest absolute Gasteiger partial charge is 0.264 e. The van der Waals surface area contributed by atoms with Gasteiger partial charge in [0.1, 0.15) is 18.3 Å². The summed E-state index contributed by atoms with van der Waals surface area (Å²) in [4.78, 5) is 29.5. The molecule has 4 rings (SSSR count). The molecule has 1 fully saturated rings. The van der Waals surface area contributed by atoms with E-state index in [4.69, 9.17) is 25.8 Å². The Bertz CT molecular complexity index is 1580. The molecule has 3 aromatic rings.